The van der Waals surface area contributed by atoms with Gasteiger partial charge in [-0.3, -0.25) is 14.9 Å². The quantitative estimate of drug-likeness (QED) is 0.678. The van der Waals surface area contributed by atoms with E-state index in [4.69, 9.17) is 5.26 Å². The molecule has 1 amide bonds. The molecule has 0 bridgehead atoms. The molecule has 0 aliphatic rings. The van der Waals surface area contributed by atoms with Gasteiger partial charge in [0.2, 0.25) is 11.7 Å². The molecular weight excluding hydrogens is 272 g/mol. The van der Waals surface area contributed by atoms with Crippen LogP contribution in [0.4, 0.5) is 20.2 Å². The van der Waals surface area contributed by atoms with Crippen molar-refractivity contribution in [2.75, 3.05) is 5.32 Å². The summed E-state index contributed by atoms with van der Waals surface area (Å²) in [4.78, 5) is 21.3. The van der Waals surface area contributed by atoms with Crippen molar-refractivity contribution in [3.8, 4) is 6.07 Å². The predicted molar refractivity (Wildman–Crippen MR) is 65.6 cm³/mol. The second kappa shape index (κ2) is 6.06. The zero-order valence-electron chi connectivity index (χ0n) is 10.7. The van der Waals surface area contributed by atoms with Gasteiger partial charge in [0, 0.05) is 12.1 Å². The van der Waals surface area contributed by atoms with E-state index in [0.29, 0.717) is 12.1 Å². The molecule has 8 heteroatoms. The highest BCUT2D eigenvalue weighted by atomic mass is 19.1. The Labute approximate surface area is 113 Å². The summed E-state index contributed by atoms with van der Waals surface area (Å²) >= 11 is 0. The molecule has 0 saturated carbocycles. The number of hydrogen-bond donors (Lipinski definition) is 1. The number of benzene rings is 1. The monoisotopic (exact) mass is 283 g/mol. The summed E-state index contributed by atoms with van der Waals surface area (Å²) in [6.07, 6.45) is 0. The van der Waals surface area contributed by atoms with E-state index in [-0.39, 0.29) is 5.92 Å². The smallest absolute Gasteiger partial charge is 0.307 e. The minimum absolute atomic E-state index is 0.310. The van der Waals surface area contributed by atoms with Crippen LogP contribution in [-0.2, 0) is 4.79 Å². The van der Waals surface area contributed by atoms with Crippen LogP contribution in [0.5, 0.6) is 0 Å². The Bertz CT molecular complexity index is 596. The predicted octanol–water partition coefficient (Wildman–Crippen LogP) is 2.61. The fourth-order valence-corrected chi connectivity index (χ4v) is 1.49. The van der Waals surface area contributed by atoms with Gasteiger partial charge in [0.05, 0.1) is 16.7 Å². The molecule has 0 spiro atoms. The summed E-state index contributed by atoms with van der Waals surface area (Å²) in [5.41, 5.74) is -1.50. The highest BCUT2D eigenvalue weighted by Gasteiger charge is 2.25. The lowest BCUT2D eigenvalue weighted by Crippen LogP contribution is -2.26. The maximum absolute atomic E-state index is 13.5. The zero-order valence-corrected chi connectivity index (χ0v) is 10.7. The van der Waals surface area contributed by atoms with Crippen LogP contribution >= 0.6 is 0 Å². The van der Waals surface area contributed by atoms with Crippen LogP contribution in [0.3, 0.4) is 0 Å². The van der Waals surface area contributed by atoms with Crippen LogP contribution in [0.25, 0.3) is 0 Å². The van der Waals surface area contributed by atoms with Crippen LogP contribution in [0.15, 0.2) is 12.1 Å². The van der Waals surface area contributed by atoms with E-state index in [9.17, 15) is 23.7 Å². The lowest BCUT2D eigenvalue weighted by molar-refractivity contribution is -0.387. The Hall–Kier alpha value is -2.56. The van der Waals surface area contributed by atoms with Crippen molar-refractivity contribution in [1.82, 2.24) is 0 Å². The number of nitro groups is 1. The van der Waals surface area contributed by atoms with Crippen molar-refractivity contribution in [2.24, 2.45) is 11.8 Å². The zero-order chi connectivity index (χ0) is 15.4. The molecule has 1 atom stereocenters. The van der Waals surface area contributed by atoms with Crippen LogP contribution in [0, 0.1) is 44.9 Å². The summed E-state index contributed by atoms with van der Waals surface area (Å²) < 4.78 is 26.6. The van der Waals surface area contributed by atoms with Crippen molar-refractivity contribution >= 4 is 17.3 Å². The fraction of sp³-hybridized carbons (Fsp3) is 0.333. The molecule has 0 radical (unpaired) electrons. The Morgan fingerprint density at radius 2 is 2.00 bits per heavy atom. The SMILES string of the molecule is CC(C)C(C#N)C(=O)Nc1cc([N+](=O)[O-])c(F)cc1F. The third kappa shape index (κ3) is 3.26. The van der Waals surface area contributed by atoms with Gasteiger partial charge in [-0.2, -0.15) is 9.65 Å². The lowest BCUT2D eigenvalue weighted by atomic mass is 9.96. The van der Waals surface area contributed by atoms with Gasteiger partial charge < -0.3 is 5.32 Å². The van der Waals surface area contributed by atoms with Gasteiger partial charge in [-0.1, -0.05) is 13.8 Å². The maximum atomic E-state index is 13.5. The number of amides is 1. The molecule has 0 aliphatic heterocycles. The lowest BCUT2D eigenvalue weighted by Gasteiger charge is -2.13. The van der Waals surface area contributed by atoms with Gasteiger partial charge in [-0.25, -0.2) is 4.39 Å². The van der Waals surface area contributed by atoms with E-state index in [0.717, 1.165) is 0 Å². The molecule has 0 aliphatic carbocycles. The first kappa shape index (κ1) is 15.5. The highest BCUT2D eigenvalue weighted by molar-refractivity contribution is 5.94. The molecule has 0 saturated heterocycles. The van der Waals surface area contributed by atoms with E-state index in [2.05, 4.69) is 5.32 Å². The maximum Gasteiger partial charge on any atom is 0.307 e. The van der Waals surface area contributed by atoms with Gasteiger partial charge in [0.15, 0.2) is 0 Å². The number of nitrogens with one attached hydrogen (secondary N) is 1. The standard InChI is InChI=1S/C12H11F2N3O3/c1-6(2)7(5-15)12(18)16-10-4-11(17(19)20)9(14)3-8(10)13/h3-4,6-7H,1-2H3,(H,16,18). The van der Waals surface area contributed by atoms with Gasteiger partial charge >= 0.3 is 5.69 Å². The molecule has 106 valence electrons. The molecule has 20 heavy (non-hydrogen) atoms. The second-order valence-corrected chi connectivity index (χ2v) is 4.38. The van der Waals surface area contributed by atoms with E-state index >= 15 is 0 Å². The molecule has 1 N–H and O–H groups in total. The first-order chi connectivity index (χ1) is 9.27. The van der Waals surface area contributed by atoms with E-state index < -0.39 is 39.8 Å². The topological polar surface area (TPSA) is 96.0 Å². The Balaban J connectivity index is 3.10. The van der Waals surface area contributed by atoms with Crippen LogP contribution < -0.4 is 5.32 Å². The van der Waals surface area contributed by atoms with Crippen LogP contribution in [0.1, 0.15) is 13.8 Å². The third-order valence-electron chi connectivity index (χ3n) is 2.58. The van der Waals surface area contributed by atoms with E-state index in [1.165, 1.54) is 0 Å². The molecule has 1 rings (SSSR count). The van der Waals surface area contributed by atoms with Crippen molar-refractivity contribution in [2.45, 2.75) is 13.8 Å². The third-order valence-corrected chi connectivity index (χ3v) is 2.58. The Morgan fingerprint density at radius 3 is 2.45 bits per heavy atom. The molecule has 1 aromatic carbocycles. The fourth-order valence-electron chi connectivity index (χ4n) is 1.49. The van der Waals surface area contributed by atoms with Crippen molar-refractivity contribution in [3.05, 3.63) is 33.9 Å². The molecule has 0 heterocycles. The van der Waals surface area contributed by atoms with Crippen molar-refractivity contribution < 1.29 is 18.5 Å². The molecule has 0 aromatic heterocycles. The Kier molecular flexibility index (Phi) is 4.69. The summed E-state index contributed by atoms with van der Waals surface area (Å²) in [6, 6.07) is 2.64. The van der Waals surface area contributed by atoms with Gasteiger partial charge in [-0.15, -0.1) is 0 Å². The van der Waals surface area contributed by atoms with Crippen molar-refractivity contribution in [3.63, 3.8) is 0 Å². The number of nitrogens with zero attached hydrogens (tertiary/aromatic N) is 2. The average Bonchev–Trinajstić information content (AvgIpc) is 2.32. The van der Waals surface area contributed by atoms with E-state index in [1.54, 1.807) is 19.9 Å². The highest BCUT2D eigenvalue weighted by Crippen LogP contribution is 2.26. The first-order valence-corrected chi connectivity index (χ1v) is 5.61. The number of nitriles is 1. The number of carbonyl (C=O) groups excluding carboxylic acids is 1. The average molecular weight is 283 g/mol. The number of rotatable bonds is 4. The first-order valence-electron chi connectivity index (χ1n) is 5.61. The summed E-state index contributed by atoms with van der Waals surface area (Å²) in [7, 11) is 0. The minimum atomic E-state index is -1.34. The van der Waals surface area contributed by atoms with Crippen LogP contribution in [-0.4, -0.2) is 10.8 Å². The number of nitro benzene ring substituents is 1. The Morgan fingerprint density at radius 1 is 1.40 bits per heavy atom. The van der Waals surface area contributed by atoms with E-state index in [1.807, 2.05) is 0 Å². The molecule has 0 fully saturated rings. The summed E-state index contributed by atoms with van der Waals surface area (Å²) in [6.45, 7) is 3.24. The van der Waals surface area contributed by atoms with Gasteiger partial charge in [0.25, 0.3) is 0 Å². The molecule has 1 unspecified atom stereocenters. The largest absolute Gasteiger partial charge is 0.322 e. The molecular formula is C12H11F2N3O3. The van der Waals surface area contributed by atoms with Crippen molar-refractivity contribution in [1.29, 1.82) is 5.26 Å². The normalized spacial score (nSPS) is 11.8. The van der Waals surface area contributed by atoms with Gasteiger partial charge in [-0.05, 0) is 5.92 Å². The summed E-state index contributed by atoms with van der Waals surface area (Å²) in [5, 5.41) is 21.4. The minimum Gasteiger partial charge on any atom is -0.322 e. The molecule has 1 aromatic rings. The number of carbonyl (C=O) groups is 1. The number of halogens is 2. The number of hydrogen-bond acceptors (Lipinski definition) is 4. The van der Waals surface area contributed by atoms with Gasteiger partial charge in [0.1, 0.15) is 11.7 Å². The van der Waals surface area contributed by atoms with Crippen LogP contribution in [0.2, 0.25) is 0 Å². The number of anilines is 1. The molecule has 6 nitrogen and oxygen atoms in total. The second-order valence-electron chi connectivity index (χ2n) is 4.38. The summed E-state index contributed by atoms with van der Waals surface area (Å²) in [5.74, 6) is -4.66.